The maximum atomic E-state index is 4.58. The number of hydrogen-bond donors (Lipinski definition) is 2. The Balaban J connectivity index is 2.12. The number of nitrogens with zero attached hydrogens (tertiary/aromatic N) is 4. The SMILES string of the molecule is CC(C)c1ccnc(C[SH](S)c2ncccn2)n1. The van der Waals surface area contributed by atoms with E-state index in [1.165, 1.54) is 0 Å². The zero-order valence-electron chi connectivity index (χ0n) is 10.4. The molecule has 6 heteroatoms. The van der Waals surface area contributed by atoms with Crippen LogP contribution in [0.2, 0.25) is 0 Å². The van der Waals surface area contributed by atoms with Crippen LogP contribution in [0.1, 0.15) is 31.3 Å². The molecule has 0 bridgehead atoms. The van der Waals surface area contributed by atoms with Crippen molar-refractivity contribution in [2.24, 2.45) is 0 Å². The predicted molar refractivity (Wildman–Crippen MR) is 78.1 cm³/mol. The lowest BCUT2D eigenvalue weighted by molar-refractivity contribution is 0.798. The Labute approximate surface area is 114 Å². The van der Waals surface area contributed by atoms with Gasteiger partial charge in [-0.3, -0.25) is 0 Å². The van der Waals surface area contributed by atoms with Crippen LogP contribution in [-0.2, 0) is 5.75 Å². The smallest absolute Gasteiger partial charge is 0.176 e. The van der Waals surface area contributed by atoms with Gasteiger partial charge in [0, 0.05) is 24.3 Å². The molecule has 2 rings (SSSR count). The van der Waals surface area contributed by atoms with E-state index in [2.05, 4.69) is 45.4 Å². The van der Waals surface area contributed by atoms with Gasteiger partial charge in [0.2, 0.25) is 0 Å². The van der Waals surface area contributed by atoms with Crippen LogP contribution in [0.4, 0.5) is 0 Å². The molecule has 0 amide bonds. The molecule has 0 N–H and O–H groups in total. The summed E-state index contributed by atoms with van der Waals surface area (Å²) in [6, 6.07) is 3.75. The van der Waals surface area contributed by atoms with Crippen molar-refractivity contribution in [3.63, 3.8) is 0 Å². The Morgan fingerprint density at radius 3 is 2.56 bits per heavy atom. The Hall–Kier alpha value is -1.14. The zero-order chi connectivity index (χ0) is 13.0. The Morgan fingerprint density at radius 1 is 1.17 bits per heavy atom. The molecule has 2 aromatic heterocycles. The lowest BCUT2D eigenvalue weighted by atomic mass is 10.1. The molecular weight excluding hydrogens is 264 g/mol. The molecule has 0 aliphatic rings. The molecule has 1 atom stereocenters. The number of rotatable bonds is 4. The highest BCUT2D eigenvalue weighted by atomic mass is 33.1. The summed E-state index contributed by atoms with van der Waals surface area (Å²) in [6.07, 6.45) is 5.28. The molecule has 0 spiro atoms. The third-order valence-electron chi connectivity index (χ3n) is 2.39. The van der Waals surface area contributed by atoms with Crippen molar-refractivity contribution in [1.82, 2.24) is 19.9 Å². The largest absolute Gasteiger partial charge is 0.240 e. The van der Waals surface area contributed by atoms with E-state index < -0.39 is 9.93 Å². The molecule has 0 radical (unpaired) electrons. The minimum atomic E-state index is -0.736. The van der Waals surface area contributed by atoms with E-state index in [4.69, 9.17) is 0 Å². The van der Waals surface area contributed by atoms with Crippen LogP contribution in [-0.4, -0.2) is 19.9 Å². The molecule has 0 saturated heterocycles. The summed E-state index contributed by atoms with van der Waals surface area (Å²) in [5.41, 5.74) is 1.06. The monoisotopic (exact) mass is 280 g/mol. The average Bonchev–Trinajstić information content (AvgIpc) is 2.40. The third-order valence-corrected chi connectivity index (χ3v) is 4.63. The van der Waals surface area contributed by atoms with Crippen LogP contribution in [0.5, 0.6) is 0 Å². The molecule has 4 nitrogen and oxygen atoms in total. The van der Waals surface area contributed by atoms with Gasteiger partial charge >= 0.3 is 0 Å². The first-order valence-corrected chi connectivity index (χ1v) is 8.40. The van der Waals surface area contributed by atoms with Crippen molar-refractivity contribution in [3.05, 3.63) is 42.2 Å². The van der Waals surface area contributed by atoms with Crippen molar-refractivity contribution in [3.8, 4) is 0 Å². The summed E-state index contributed by atoms with van der Waals surface area (Å²) in [6.45, 7) is 4.24. The number of thiol groups is 2. The second kappa shape index (κ2) is 6.15. The van der Waals surface area contributed by atoms with Gasteiger partial charge in [-0.15, -0.1) is 21.6 Å². The van der Waals surface area contributed by atoms with Gasteiger partial charge in [-0.25, -0.2) is 19.9 Å². The number of aromatic nitrogens is 4. The van der Waals surface area contributed by atoms with Gasteiger partial charge in [0.15, 0.2) is 5.16 Å². The van der Waals surface area contributed by atoms with Crippen LogP contribution < -0.4 is 0 Å². The first-order valence-electron chi connectivity index (χ1n) is 5.72. The van der Waals surface area contributed by atoms with Crippen LogP contribution in [0.25, 0.3) is 0 Å². The molecule has 2 heterocycles. The quantitative estimate of drug-likeness (QED) is 0.514. The van der Waals surface area contributed by atoms with E-state index in [1.54, 1.807) is 24.7 Å². The Morgan fingerprint density at radius 2 is 1.89 bits per heavy atom. The Kier molecular flexibility index (Phi) is 4.54. The van der Waals surface area contributed by atoms with Crippen molar-refractivity contribution in [2.75, 3.05) is 0 Å². The fraction of sp³-hybridized carbons (Fsp3) is 0.333. The van der Waals surface area contributed by atoms with Gasteiger partial charge in [0.25, 0.3) is 0 Å². The summed E-state index contributed by atoms with van der Waals surface area (Å²) >= 11 is 4.58. The van der Waals surface area contributed by atoms with Crippen LogP contribution in [0.3, 0.4) is 0 Å². The van der Waals surface area contributed by atoms with E-state index in [1.807, 2.05) is 6.07 Å². The molecule has 2 aromatic rings. The molecular formula is C12H16N4S2. The first kappa shape index (κ1) is 13.3. The van der Waals surface area contributed by atoms with Gasteiger partial charge in [-0.05, 0) is 18.1 Å². The van der Waals surface area contributed by atoms with Crippen LogP contribution in [0.15, 0.2) is 35.9 Å². The van der Waals surface area contributed by atoms with E-state index in [9.17, 15) is 0 Å². The minimum absolute atomic E-state index is 0.408. The van der Waals surface area contributed by atoms with Gasteiger partial charge in [-0.1, -0.05) is 13.8 Å². The standard InChI is InChI=1S/C12H16N4S2/c1-9(2)10-4-7-13-11(16-10)8-18(17)12-14-5-3-6-15-12/h3-7,9,17-18H,8H2,1-2H3. The summed E-state index contributed by atoms with van der Waals surface area (Å²) < 4.78 is 0. The lowest BCUT2D eigenvalue weighted by Crippen LogP contribution is -2.00. The second-order valence-electron chi connectivity index (χ2n) is 4.16. The molecule has 0 aliphatic carbocycles. The molecule has 1 unspecified atom stereocenters. The van der Waals surface area contributed by atoms with Gasteiger partial charge < -0.3 is 0 Å². The fourth-order valence-corrected chi connectivity index (χ4v) is 3.09. The lowest BCUT2D eigenvalue weighted by Gasteiger charge is -2.12. The normalized spacial score (nSPS) is 13.7. The maximum absolute atomic E-state index is 4.58. The molecule has 96 valence electrons. The topological polar surface area (TPSA) is 51.6 Å². The van der Waals surface area contributed by atoms with Gasteiger partial charge in [0.1, 0.15) is 5.82 Å². The van der Waals surface area contributed by atoms with E-state index >= 15 is 0 Å². The molecule has 0 aliphatic heterocycles. The zero-order valence-corrected chi connectivity index (χ0v) is 12.1. The predicted octanol–water partition coefficient (Wildman–Crippen LogP) is 2.80. The first-order chi connectivity index (χ1) is 8.66. The van der Waals surface area contributed by atoms with E-state index in [0.29, 0.717) is 11.7 Å². The van der Waals surface area contributed by atoms with E-state index in [-0.39, 0.29) is 0 Å². The summed E-state index contributed by atoms with van der Waals surface area (Å²) in [5.74, 6) is 1.92. The summed E-state index contributed by atoms with van der Waals surface area (Å²) in [5, 5.41) is 0.773. The van der Waals surface area contributed by atoms with Crippen molar-refractivity contribution in [2.45, 2.75) is 30.7 Å². The van der Waals surface area contributed by atoms with Crippen molar-refractivity contribution < 1.29 is 0 Å². The van der Waals surface area contributed by atoms with Crippen molar-refractivity contribution >= 4 is 21.6 Å². The highest BCUT2D eigenvalue weighted by Gasteiger charge is 2.09. The Bertz CT molecular complexity index is 504. The minimum Gasteiger partial charge on any atom is -0.240 e. The van der Waals surface area contributed by atoms with Crippen LogP contribution in [0, 0.1) is 0 Å². The number of hydrogen-bond acceptors (Lipinski definition) is 5. The highest BCUT2D eigenvalue weighted by molar-refractivity contribution is 8.77. The molecule has 0 fully saturated rings. The third kappa shape index (κ3) is 3.43. The van der Waals surface area contributed by atoms with Crippen molar-refractivity contribution in [1.29, 1.82) is 0 Å². The summed E-state index contributed by atoms with van der Waals surface area (Å²) in [7, 11) is -0.736. The average molecular weight is 280 g/mol. The highest BCUT2D eigenvalue weighted by Crippen LogP contribution is 2.39. The van der Waals surface area contributed by atoms with Crippen LogP contribution >= 0.6 is 21.6 Å². The van der Waals surface area contributed by atoms with Gasteiger partial charge in [-0.2, -0.15) is 0 Å². The van der Waals surface area contributed by atoms with E-state index in [0.717, 1.165) is 16.7 Å². The molecule has 0 saturated carbocycles. The van der Waals surface area contributed by atoms with Gasteiger partial charge in [0.05, 0.1) is 5.75 Å². The second-order valence-corrected chi connectivity index (χ2v) is 7.12. The fourth-order valence-electron chi connectivity index (χ4n) is 1.44. The molecule has 0 aromatic carbocycles. The summed E-state index contributed by atoms with van der Waals surface area (Å²) in [4.78, 5) is 17.3. The maximum Gasteiger partial charge on any atom is 0.176 e. The molecule has 18 heavy (non-hydrogen) atoms.